The van der Waals surface area contributed by atoms with Crippen molar-refractivity contribution in [3.8, 4) is 0 Å². The Morgan fingerprint density at radius 3 is 2.54 bits per heavy atom. The monoisotopic (exact) mass is 319 g/mol. The summed E-state index contributed by atoms with van der Waals surface area (Å²) in [5, 5.41) is 4.16. The van der Waals surface area contributed by atoms with Gasteiger partial charge in [0.05, 0.1) is 17.4 Å². The molecule has 0 unspecified atom stereocenters. The number of rotatable bonds is 3. The zero-order valence-electron chi connectivity index (χ0n) is 13.9. The molecule has 2 aromatic rings. The normalized spacial score (nSPS) is 33.8. The second-order valence-corrected chi connectivity index (χ2v) is 8.46. The van der Waals surface area contributed by atoms with Gasteiger partial charge < -0.3 is 5.32 Å². The number of amides is 1. The van der Waals surface area contributed by atoms with Crippen molar-refractivity contribution in [1.29, 1.82) is 0 Å². The summed E-state index contributed by atoms with van der Waals surface area (Å²) in [7, 11) is 0. The van der Waals surface area contributed by atoms with E-state index in [9.17, 15) is 4.79 Å². The first-order valence-corrected chi connectivity index (χ1v) is 9.25. The lowest BCUT2D eigenvalue weighted by Gasteiger charge is -2.56. The van der Waals surface area contributed by atoms with E-state index in [1.165, 1.54) is 38.5 Å². The van der Waals surface area contributed by atoms with Gasteiger partial charge in [-0.2, -0.15) is 0 Å². The average Bonchev–Trinajstić information content (AvgIpc) is 2.53. The Labute approximate surface area is 142 Å². The van der Waals surface area contributed by atoms with Gasteiger partial charge in [0.15, 0.2) is 0 Å². The van der Waals surface area contributed by atoms with Gasteiger partial charge in [-0.05, 0) is 86.0 Å². The number of pyridine rings is 1. The molecule has 0 saturated heterocycles. The van der Waals surface area contributed by atoms with Crippen LogP contribution in [0.4, 0.5) is 5.69 Å². The Balaban J connectivity index is 1.36. The first-order chi connectivity index (χ1) is 11.7. The highest BCUT2D eigenvalue weighted by Crippen LogP contribution is 2.61. The zero-order valence-corrected chi connectivity index (χ0v) is 13.9. The van der Waals surface area contributed by atoms with Crippen LogP contribution in [0.2, 0.25) is 0 Å². The van der Waals surface area contributed by atoms with E-state index in [0.29, 0.717) is 6.42 Å². The van der Waals surface area contributed by atoms with Crippen LogP contribution in [-0.2, 0) is 4.79 Å². The van der Waals surface area contributed by atoms with Crippen LogP contribution in [0.5, 0.6) is 0 Å². The topological polar surface area (TPSA) is 42.0 Å². The van der Waals surface area contributed by atoms with Crippen LogP contribution in [0.1, 0.15) is 44.9 Å². The molecule has 4 bridgehead atoms. The number of aromatic nitrogens is 1. The number of nitrogens with zero attached hydrogens (tertiary/aromatic N) is 1. The van der Waals surface area contributed by atoms with E-state index < -0.39 is 0 Å². The zero-order chi connectivity index (χ0) is 16.1. The van der Waals surface area contributed by atoms with Gasteiger partial charge in [-0.25, -0.2) is 4.98 Å². The summed E-state index contributed by atoms with van der Waals surface area (Å²) in [6.07, 6.45) is 11.6. The molecule has 3 nitrogen and oxygen atoms in total. The second-order valence-electron chi connectivity index (χ2n) is 8.46. The van der Waals surface area contributed by atoms with E-state index in [-0.39, 0.29) is 11.3 Å². The van der Waals surface area contributed by atoms with Crippen LogP contribution in [0.15, 0.2) is 30.3 Å². The molecule has 1 aromatic carbocycles. The van der Waals surface area contributed by atoms with E-state index in [4.69, 9.17) is 0 Å². The Morgan fingerprint density at radius 2 is 1.83 bits per heavy atom. The number of nitrogens with one attached hydrogen (secondary N) is 1. The molecule has 4 fully saturated rings. The second kappa shape index (κ2) is 5.30. The number of carbonyl (C=O) groups is 1. The first-order valence-electron chi connectivity index (χ1n) is 9.25. The summed E-state index contributed by atoms with van der Waals surface area (Å²) in [5.41, 5.74) is 2.05. The van der Waals surface area contributed by atoms with E-state index in [0.717, 1.165) is 34.3 Å². The minimum Gasteiger partial charge on any atom is -0.325 e. The molecule has 1 N–H and O–H groups in total. The summed E-state index contributed by atoms with van der Waals surface area (Å²) in [4.78, 5) is 17.1. The molecule has 0 spiro atoms. The lowest BCUT2D eigenvalue weighted by molar-refractivity contribution is -0.124. The fraction of sp³-hybridized carbons (Fsp3) is 0.524. The Morgan fingerprint density at radius 1 is 1.12 bits per heavy atom. The maximum atomic E-state index is 12.8. The molecule has 1 radical (unpaired) electrons. The largest absolute Gasteiger partial charge is 0.325 e. The van der Waals surface area contributed by atoms with Gasteiger partial charge in [-0.15, -0.1) is 0 Å². The fourth-order valence-electron chi connectivity index (χ4n) is 6.20. The maximum absolute atomic E-state index is 12.8. The van der Waals surface area contributed by atoms with Crippen molar-refractivity contribution in [2.75, 3.05) is 5.32 Å². The molecule has 4 aliphatic carbocycles. The van der Waals surface area contributed by atoms with Gasteiger partial charge >= 0.3 is 0 Å². The van der Waals surface area contributed by atoms with Crippen molar-refractivity contribution in [2.45, 2.75) is 44.9 Å². The molecule has 6 rings (SSSR count). The molecule has 24 heavy (non-hydrogen) atoms. The van der Waals surface area contributed by atoms with Crippen molar-refractivity contribution >= 4 is 22.5 Å². The molecule has 1 aromatic heterocycles. The number of hydrogen-bond donors (Lipinski definition) is 1. The predicted molar refractivity (Wildman–Crippen MR) is 94.4 cm³/mol. The third-order valence-corrected chi connectivity index (χ3v) is 6.57. The van der Waals surface area contributed by atoms with Crippen LogP contribution in [0.3, 0.4) is 0 Å². The van der Waals surface area contributed by atoms with Gasteiger partial charge in [0, 0.05) is 11.8 Å². The van der Waals surface area contributed by atoms with Crippen molar-refractivity contribution in [3.05, 3.63) is 36.5 Å². The quantitative estimate of drug-likeness (QED) is 0.899. The first kappa shape index (κ1) is 14.4. The van der Waals surface area contributed by atoms with Crippen LogP contribution < -0.4 is 5.32 Å². The summed E-state index contributed by atoms with van der Waals surface area (Å²) in [6, 6.07) is 9.66. The molecular formula is C21H23N2O. The van der Waals surface area contributed by atoms with Crippen LogP contribution in [0.25, 0.3) is 10.9 Å². The van der Waals surface area contributed by atoms with Crippen LogP contribution in [0, 0.1) is 29.4 Å². The van der Waals surface area contributed by atoms with Crippen molar-refractivity contribution in [3.63, 3.8) is 0 Å². The standard InChI is InChI=1S/C21H23N2O/c24-20(23-19-5-1-4-18-17(19)3-2-6-22-18)13-21-10-14-7-15(11-21)9-16(8-14)12-21/h1-5,14-16H,7-13H2,(H,23,24). The van der Waals surface area contributed by atoms with Crippen molar-refractivity contribution in [2.24, 2.45) is 23.2 Å². The van der Waals surface area contributed by atoms with Crippen LogP contribution in [-0.4, -0.2) is 10.9 Å². The highest BCUT2D eigenvalue weighted by molar-refractivity contribution is 6.01. The molecule has 3 heteroatoms. The number of benzene rings is 1. The minimum atomic E-state index is 0.178. The van der Waals surface area contributed by atoms with Crippen LogP contribution >= 0.6 is 0 Å². The van der Waals surface area contributed by atoms with Gasteiger partial charge in [-0.1, -0.05) is 6.07 Å². The Bertz CT molecular complexity index is 757. The number of hydrogen-bond acceptors (Lipinski definition) is 2. The third-order valence-electron chi connectivity index (χ3n) is 6.57. The van der Waals surface area contributed by atoms with Gasteiger partial charge in [-0.3, -0.25) is 4.79 Å². The SMILES string of the molecule is O=C(CC12CC3CC(CC(C3)C1)C2)Nc1cccc2n[c]ccc12. The van der Waals surface area contributed by atoms with Crippen molar-refractivity contribution < 1.29 is 4.79 Å². The highest BCUT2D eigenvalue weighted by Gasteiger charge is 2.51. The predicted octanol–water partition coefficient (Wildman–Crippen LogP) is 4.58. The number of fused-ring (bicyclic) bond motifs is 1. The molecular weight excluding hydrogens is 296 g/mol. The van der Waals surface area contributed by atoms with Gasteiger partial charge in [0.1, 0.15) is 0 Å². The molecule has 0 atom stereocenters. The van der Waals surface area contributed by atoms with E-state index in [1.54, 1.807) is 6.07 Å². The minimum absolute atomic E-state index is 0.178. The third kappa shape index (κ3) is 2.42. The number of carbonyl (C=O) groups excluding carboxylic acids is 1. The fourth-order valence-corrected chi connectivity index (χ4v) is 6.20. The van der Waals surface area contributed by atoms with Gasteiger partial charge in [0.25, 0.3) is 0 Å². The number of anilines is 1. The summed E-state index contributed by atoms with van der Waals surface area (Å²) in [5.74, 6) is 2.85. The lowest BCUT2D eigenvalue weighted by atomic mass is 9.49. The smallest absolute Gasteiger partial charge is 0.224 e. The molecule has 4 saturated carbocycles. The molecule has 123 valence electrons. The van der Waals surface area contributed by atoms with Gasteiger partial charge in [0.2, 0.25) is 5.91 Å². The lowest BCUT2D eigenvalue weighted by Crippen LogP contribution is -2.47. The summed E-state index contributed by atoms with van der Waals surface area (Å²) in [6.45, 7) is 0. The van der Waals surface area contributed by atoms with Crippen molar-refractivity contribution in [1.82, 2.24) is 4.98 Å². The summed E-state index contributed by atoms with van der Waals surface area (Å²) < 4.78 is 0. The molecule has 4 aliphatic rings. The highest BCUT2D eigenvalue weighted by atomic mass is 16.1. The Hall–Kier alpha value is -1.90. The maximum Gasteiger partial charge on any atom is 0.224 e. The summed E-state index contributed by atoms with van der Waals surface area (Å²) >= 11 is 0. The molecule has 1 heterocycles. The van der Waals surface area contributed by atoms with E-state index in [1.807, 2.05) is 24.3 Å². The Kier molecular flexibility index (Phi) is 3.19. The van der Waals surface area contributed by atoms with E-state index >= 15 is 0 Å². The molecule has 1 amide bonds. The molecule has 0 aliphatic heterocycles. The average molecular weight is 319 g/mol. The van der Waals surface area contributed by atoms with E-state index in [2.05, 4.69) is 16.5 Å².